The van der Waals surface area contributed by atoms with Crippen molar-refractivity contribution in [2.24, 2.45) is 0 Å². The molecule has 0 fully saturated rings. The third-order valence-electron chi connectivity index (χ3n) is 7.89. The number of aromatic hydroxyl groups is 1. The minimum atomic E-state index is 0. The van der Waals surface area contributed by atoms with Crippen LogP contribution in [-0.4, -0.2) is 19.6 Å². The van der Waals surface area contributed by atoms with Gasteiger partial charge < -0.3 is 14.4 Å². The first-order chi connectivity index (χ1) is 20.0. The second-order valence-electron chi connectivity index (χ2n) is 10.3. The summed E-state index contributed by atoms with van der Waals surface area (Å²) in [7, 11) is 0. The Labute approximate surface area is 258 Å². The predicted molar refractivity (Wildman–Crippen MR) is 165 cm³/mol. The molecule has 3 aromatic heterocycles. The first-order valence-corrected chi connectivity index (χ1v) is 13.8. The number of hydrogen-bond acceptors (Lipinski definition) is 4. The molecule has 0 bridgehead atoms. The van der Waals surface area contributed by atoms with E-state index in [9.17, 15) is 5.11 Å². The Balaban J connectivity index is 0.00000316. The van der Waals surface area contributed by atoms with Gasteiger partial charge >= 0.3 is 0 Å². The van der Waals surface area contributed by atoms with Gasteiger partial charge in [-0.1, -0.05) is 61.0 Å². The molecule has 3 heterocycles. The van der Waals surface area contributed by atoms with E-state index in [2.05, 4.69) is 61.7 Å². The van der Waals surface area contributed by atoms with Crippen LogP contribution in [0.4, 0.5) is 0 Å². The smallest absolute Gasteiger partial charge is 0.217 e. The van der Waals surface area contributed by atoms with Gasteiger partial charge in [-0.3, -0.25) is 0 Å². The molecule has 1 N–H and O–H groups in total. The van der Waals surface area contributed by atoms with Gasteiger partial charge in [-0.2, -0.15) is 6.07 Å². The zero-order valence-electron chi connectivity index (χ0n) is 23.5. The Hall–Kier alpha value is -4.47. The van der Waals surface area contributed by atoms with E-state index in [1.54, 1.807) is 6.07 Å². The average Bonchev–Trinajstić information content (AvgIpc) is 3.34. The van der Waals surface area contributed by atoms with Gasteiger partial charge in [0.25, 0.3) is 0 Å². The van der Waals surface area contributed by atoms with Crippen LogP contribution >= 0.6 is 0 Å². The molecule has 7 rings (SSSR count). The van der Waals surface area contributed by atoms with Gasteiger partial charge in [-0.05, 0) is 77.7 Å². The number of ether oxygens (including phenoxy) is 1. The summed E-state index contributed by atoms with van der Waals surface area (Å²) in [5.41, 5.74) is 8.18. The molecule has 7 aromatic rings. The second kappa shape index (κ2) is 11.1. The van der Waals surface area contributed by atoms with E-state index < -0.39 is 0 Å². The topological polar surface area (TPSA) is 60.2 Å². The minimum Gasteiger partial charge on any atom is -0.506 e. The third-order valence-corrected chi connectivity index (χ3v) is 7.89. The van der Waals surface area contributed by atoms with Gasteiger partial charge in [-0.15, -0.1) is 17.5 Å². The molecule has 0 saturated carbocycles. The molecule has 210 valence electrons. The number of aryl methyl sites for hydroxylation is 3. The molecule has 0 aliphatic heterocycles. The Morgan fingerprint density at radius 3 is 2.38 bits per heavy atom. The van der Waals surface area contributed by atoms with Crippen molar-refractivity contribution in [3.63, 3.8) is 0 Å². The van der Waals surface area contributed by atoms with Gasteiger partial charge in [0.2, 0.25) is 5.88 Å². The van der Waals surface area contributed by atoms with Crippen LogP contribution in [0.15, 0.2) is 97.2 Å². The molecular weight excluding hydrogens is 701 g/mol. The molecule has 6 heteroatoms. The summed E-state index contributed by atoms with van der Waals surface area (Å²) in [6, 6.07) is 33.5. The average molecular weight is 730 g/mol. The Kier molecular flexibility index (Phi) is 7.30. The summed E-state index contributed by atoms with van der Waals surface area (Å²) in [5.74, 6) is 1.86. The number of rotatable bonds is 5. The molecule has 0 amide bonds. The molecular formula is C36H28N3O2Pt-. The van der Waals surface area contributed by atoms with E-state index in [0.717, 1.165) is 50.6 Å². The molecule has 0 spiro atoms. The number of fused-ring (bicyclic) bond motifs is 4. The quantitative estimate of drug-likeness (QED) is 0.180. The number of phenols is 1. The number of aromatic nitrogens is 3. The number of nitrogens with zero attached hydrogens (tertiary/aromatic N) is 3. The largest absolute Gasteiger partial charge is 0.506 e. The van der Waals surface area contributed by atoms with Gasteiger partial charge in [-0.25, -0.2) is 9.97 Å². The first kappa shape index (κ1) is 27.7. The van der Waals surface area contributed by atoms with Gasteiger partial charge in [0.15, 0.2) is 0 Å². The number of benzene rings is 4. The molecule has 0 aliphatic carbocycles. The molecule has 4 aromatic carbocycles. The summed E-state index contributed by atoms with van der Waals surface area (Å²) in [6.07, 6.45) is 2.87. The van der Waals surface area contributed by atoms with E-state index in [4.69, 9.17) is 14.7 Å². The number of hydrogen-bond donors (Lipinski definition) is 1. The zero-order chi connectivity index (χ0) is 28.1. The maximum atomic E-state index is 10.7. The van der Waals surface area contributed by atoms with Crippen molar-refractivity contribution >= 4 is 32.7 Å². The standard InChI is InChI=1S/C36H28N3O2.Pt/c1-4-24-11-18-33(37-21-24)39-31-20-26(12-14-28(31)30-13-10-22(2)23(3)36(30)39)41-34-19-16-29-27(25-8-6-5-7-9-25)15-17-32(40)35(29)38-34;/h5-19,21,40H,4H2,1-3H3;/q-1;. The van der Waals surface area contributed by atoms with Crippen molar-refractivity contribution in [2.45, 2.75) is 27.2 Å². The molecule has 0 saturated heterocycles. The van der Waals surface area contributed by atoms with Gasteiger partial charge in [0.05, 0.1) is 0 Å². The van der Waals surface area contributed by atoms with Crippen molar-refractivity contribution in [3.05, 3.63) is 120 Å². The summed E-state index contributed by atoms with van der Waals surface area (Å²) in [4.78, 5) is 9.51. The third kappa shape index (κ3) is 4.64. The SMILES string of the molecule is CCc1ccc(-n2c3[c-]c(Oc4ccc5c(-c6ccccc6)ccc(O)c5n4)ccc3c3ccc(C)c(C)c32)nc1.[Pt]. The molecule has 0 radical (unpaired) electrons. The molecule has 0 unspecified atom stereocenters. The molecule has 5 nitrogen and oxygen atoms in total. The normalized spacial score (nSPS) is 11.2. The van der Waals surface area contributed by atoms with Crippen LogP contribution in [0.1, 0.15) is 23.6 Å². The fourth-order valence-corrected chi connectivity index (χ4v) is 5.55. The Bertz CT molecular complexity index is 2080. The van der Waals surface area contributed by atoms with E-state index >= 15 is 0 Å². The van der Waals surface area contributed by atoms with Crippen molar-refractivity contribution in [1.29, 1.82) is 0 Å². The van der Waals surface area contributed by atoms with E-state index in [-0.39, 0.29) is 26.8 Å². The maximum absolute atomic E-state index is 10.7. The minimum absolute atomic E-state index is 0. The maximum Gasteiger partial charge on any atom is 0.217 e. The van der Waals surface area contributed by atoms with Crippen molar-refractivity contribution in [1.82, 2.24) is 14.5 Å². The van der Waals surface area contributed by atoms with Crippen molar-refractivity contribution in [2.75, 3.05) is 0 Å². The van der Waals surface area contributed by atoms with Crippen LogP contribution in [0, 0.1) is 19.9 Å². The summed E-state index contributed by atoms with van der Waals surface area (Å²) in [6.45, 7) is 6.41. The number of pyridine rings is 2. The van der Waals surface area contributed by atoms with Crippen molar-refractivity contribution < 1.29 is 30.9 Å². The van der Waals surface area contributed by atoms with E-state index in [1.165, 1.54) is 16.7 Å². The first-order valence-electron chi connectivity index (χ1n) is 13.8. The Morgan fingerprint density at radius 2 is 1.62 bits per heavy atom. The summed E-state index contributed by atoms with van der Waals surface area (Å²) < 4.78 is 8.43. The second-order valence-corrected chi connectivity index (χ2v) is 10.3. The zero-order valence-corrected chi connectivity index (χ0v) is 25.7. The van der Waals surface area contributed by atoms with Crippen LogP contribution in [0.3, 0.4) is 0 Å². The van der Waals surface area contributed by atoms with Crippen LogP contribution in [0.5, 0.6) is 17.4 Å². The monoisotopic (exact) mass is 729 g/mol. The Morgan fingerprint density at radius 1 is 0.833 bits per heavy atom. The predicted octanol–water partition coefficient (Wildman–Crippen LogP) is 8.87. The van der Waals surface area contributed by atoms with Crippen LogP contribution in [0.25, 0.3) is 49.7 Å². The number of phenolic OH excluding ortho intramolecular Hbond substituents is 1. The van der Waals surface area contributed by atoms with E-state index in [0.29, 0.717) is 17.1 Å². The van der Waals surface area contributed by atoms with Gasteiger partial charge in [0, 0.05) is 50.0 Å². The van der Waals surface area contributed by atoms with Crippen molar-refractivity contribution in [3.8, 4) is 34.3 Å². The summed E-state index contributed by atoms with van der Waals surface area (Å²) in [5, 5.41) is 13.7. The van der Waals surface area contributed by atoms with Crippen LogP contribution < -0.4 is 4.74 Å². The summed E-state index contributed by atoms with van der Waals surface area (Å²) >= 11 is 0. The fourth-order valence-electron chi connectivity index (χ4n) is 5.55. The van der Waals surface area contributed by atoms with E-state index in [1.807, 2.05) is 60.8 Å². The fraction of sp³-hybridized carbons (Fsp3) is 0.111. The molecule has 42 heavy (non-hydrogen) atoms. The van der Waals surface area contributed by atoms with Gasteiger partial charge in [0.1, 0.15) is 17.1 Å². The molecule has 0 aliphatic rings. The molecule has 0 atom stereocenters. The van der Waals surface area contributed by atoms with Crippen LogP contribution in [0.2, 0.25) is 0 Å². The van der Waals surface area contributed by atoms with Crippen LogP contribution in [-0.2, 0) is 27.5 Å².